The van der Waals surface area contributed by atoms with Crippen molar-refractivity contribution >= 4 is 39.1 Å². The van der Waals surface area contributed by atoms with Gasteiger partial charge in [-0.15, -0.1) is 0 Å². The van der Waals surface area contributed by atoms with Crippen LogP contribution in [0.25, 0.3) is 10.9 Å². The van der Waals surface area contributed by atoms with Gasteiger partial charge in [0.1, 0.15) is 0 Å². The fourth-order valence-electron chi connectivity index (χ4n) is 1.20. The van der Waals surface area contributed by atoms with Crippen LogP contribution in [0.2, 0.25) is 0 Å². The van der Waals surface area contributed by atoms with E-state index in [1.165, 1.54) is 0 Å². The van der Waals surface area contributed by atoms with Gasteiger partial charge in [0.05, 0.1) is 10.9 Å². The average Bonchev–Trinajstić information content (AvgIpc) is 2.16. The maximum Gasteiger partial charge on any atom is 0.280 e. The second kappa shape index (κ2) is 3.21. The number of benzene rings is 1. The standard InChI is InChI=1S/C8H6BrN3OS/c9-4-1-2-6-5(3-4)7(13)12(10)8(14)11-6/h1-3H,10H2,(H,11,14). The summed E-state index contributed by atoms with van der Waals surface area (Å²) in [5.74, 6) is 5.45. The number of halogens is 1. The molecule has 14 heavy (non-hydrogen) atoms. The smallest absolute Gasteiger partial charge is 0.280 e. The molecular formula is C8H6BrN3OS. The summed E-state index contributed by atoms with van der Waals surface area (Å²) in [6, 6.07) is 5.30. The summed E-state index contributed by atoms with van der Waals surface area (Å²) in [4.78, 5) is 14.5. The summed E-state index contributed by atoms with van der Waals surface area (Å²) < 4.78 is 1.96. The number of nitrogens with zero attached hydrogens (tertiary/aromatic N) is 1. The van der Waals surface area contributed by atoms with E-state index in [9.17, 15) is 4.79 Å². The van der Waals surface area contributed by atoms with E-state index in [0.29, 0.717) is 10.9 Å². The lowest BCUT2D eigenvalue weighted by atomic mass is 10.2. The van der Waals surface area contributed by atoms with Crippen LogP contribution in [0.3, 0.4) is 0 Å². The molecule has 4 nitrogen and oxygen atoms in total. The van der Waals surface area contributed by atoms with E-state index < -0.39 is 0 Å². The molecule has 2 aromatic rings. The Labute approximate surface area is 92.5 Å². The second-order valence-electron chi connectivity index (χ2n) is 2.80. The van der Waals surface area contributed by atoms with Gasteiger partial charge in [-0.1, -0.05) is 15.9 Å². The second-order valence-corrected chi connectivity index (χ2v) is 4.10. The fourth-order valence-corrected chi connectivity index (χ4v) is 1.75. The first-order valence-electron chi connectivity index (χ1n) is 3.79. The van der Waals surface area contributed by atoms with Crippen molar-refractivity contribution in [3.05, 3.63) is 37.8 Å². The van der Waals surface area contributed by atoms with Crippen LogP contribution in [0, 0.1) is 4.77 Å². The summed E-state index contributed by atoms with van der Waals surface area (Å²) in [6.07, 6.45) is 0. The van der Waals surface area contributed by atoms with E-state index >= 15 is 0 Å². The number of rotatable bonds is 0. The highest BCUT2D eigenvalue weighted by atomic mass is 79.9. The third-order valence-corrected chi connectivity index (χ3v) is 2.68. The minimum atomic E-state index is -0.301. The molecule has 0 aliphatic carbocycles. The number of hydrogen-bond donors (Lipinski definition) is 2. The van der Waals surface area contributed by atoms with Crippen molar-refractivity contribution in [3.63, 3.8) is 0 Å². The number of nitrogens with two attached hydrogens (primary N) is 1. The van der Waals surface area contributed by atoms with Crippen molar-refractivity contribution < 1.29 is 0 Å². The zero-order valence-corrected chi connectivity index (χ0v) is 9.35. The van der Waals surface area contributed by atoms with Crippen molar-refractivity contribution in [1.29, 1.82) is 0 Å². The molecule has 0 radical (unpaired) electrons. The van der Waals surface area contributed by atoms with Crippen LogP contribution < -0.4 is 11.4 Å². The first-order valence-corrected chi connectivity index (χ1v) is 4.99. The van der Waals surface area contributed by atoms with Crippen LogP contribution in [0.4, 0.5) is 0 Å². The van der Waals surface area contributed by atoms with E-state index in [1.54, 1.807) is 12.1 Å². The normalized spacial score (nSPS) is 10.6. The van der Waals surface area contributed by atoms with Gasteiger partial charge >= 0.3 is 0 Å². The minimum Gasteiger partial charge on any atom is -0.334 e. The van der Waals surface area contributed by atoms with Gasteiger partial charge in [0, 0.05) is 4.47 Å². The number of aromatic nitrogens is 2. The number of aromatic amines is 1. The number of H-pyrrole nitrogens is 1. The van der Waals surface area contributed by atoms with Crippen LogP contribution in [-0.4, -0.2) is 9.66 Å². The Balaban J connectivity index is 3.07. The molecule has 0 amide bonds. The average molecular weight is 272 g/mol. The molecule has 3 N–H and O–H groups in total. The first kappa shape index (κ1) is 9.42. The van der Waals surface area contributed by atoms with Crippen LogP contribution >= 0.6 is 28.1 Å². The van der Waals surface area contributed by atoms with Crippen LogP contribution in [0.15, 0.2) is 27.5 Å². The Hall–Kier alpha value is -1.14. The highest BCUT2D eigenvalue weighted by Gasteiger charge is 2.02. The van der Waals surface area contributed by atoms with Gasteiger partial charge in [-0.2, -0.15) is 4.68 Å². The topological polar surface area (TPSA) is 63.8 Å². The molecule has 0 bridgehead atoms. The monoisotopic (exact) mass is 271 g/mol. The summed E-state index contributed by atoms with van der Waals surface area (Å²) in [5, 5.41) is 0.510. The Morgan fingerprint density at radius 2 is 2.21 bits per heavy atom. The molecule has 72 valence electrons. The van der Waals surface area contributed by atoms with Gasteiger partial charge in [0.25, 0.3) is 5.56 Å². The first-order chi connectivity index (χ1) is 6.59. The molecule has 0 aliphatic heterocycles. The van der Waals surface area contributed by atoms with E-state index in [4.69, 9.17) is 18.1 Å². The van der Waals surface area contributed by atoms with E-state index in [1.807, 2.05) is 6.07 Å². The van der Waals surface area contributed by atoms with Crippen LogP contribution in [0.1, 0.15) is 0 Å². The summed E-state index contributed by atoms with van der Waals surface area (Å²) in [6.45, 7) is 0. The zero-order chi connectivity index (χ0) is 10.3. The van der Waals surface area contributed by atoms with Gasteiger partial charge in [0.15, 0.2) is 4.77 Å². The van der Waals surface area contributed by atoms with Gasteiger partial charge in [-0.05, 0) is 30.4 Å². The Morgan fingerprint density at radius 1 is 1.50 bits per heavy atom. The molecule has 6 heteroatoms. The Bertz CT molecular complexity index is 616. The molecule has 1 aromatic heterocycles. The summed E-state index contributed by atoms with van der Waals surface area (Å²) in [7, 11) is 0. The summed E-state index contributed by atoms with van der Waals surface area (Å²) >= 11 is 8.15. The molecule has 0 aliphatic rings. The predicted octanol–water partition coefficient (Wildman–Crippen LogP) is 1.54. The molecular weight excluding hydrogens is 266 g/mol. The maximum atomic E-state index is 11.6. The lowest BCUT2D eigenvalue weighted by Crippen LogP contribution is -2.28. The number of hydrogen-bond acceptors (Lipinski definition) is 3. The van der Waals surface area contributed by atoms with Crippen molar-refractivity contribution in [1.82, 2.24) is 9.66 Å². The van der Waals surface area contributed by atoms with Crippen LogP contribution in [-0.2, 0) is 0 Å². The molecule has 0 spiro atoms. The number of fused-ring (bicyclic) bond motifs is 1. The van der Waals surface area contributed by atoms with Gasteiger partial charge in [-0.3, -0.25) is 4.79 Å². The third-order valence-electron chi connectivity index (χ3n) is 1.89. The Kier molecular flexibility index (Phi) is 2.16. The zero-order valence-electron chi connectivity index (χ0n) is 6.95. The Morgan fingerprint density at radius 3 is 2.93 bits per heavy atom. The number of nitrogens with one attached hydrogen (secondary N) is 1. The molecule has 0 fully saturated rings. The maximum absolute atomic E-state index is 11.6. The van der Waals surface area contributed by atoms with E-state index in [-0.39, 0.29) is 10.3 Å². The van der Waals surface area contributed by atoms with Crippen molar-refractivity contribution in [2.75, 3.05) is 5.84 Å². The third kappa shape index (κ3) is 1.36. The highest BCUT2D eigenvalue weighted by molar-refractivity contribution is 9.10. The van der Waals surface area contributed by atoms with Crippen molar-refractivity contribution in [3.8, 4) is 0 Å². The van der Waals surface area contributed by atoms with Gasteiger partial charge in [-0.25, -0.2) is 0 Å². The summed E-state index contributed by atoms with van der Waals surface area (Å²) in [5.41, 5.74) is 0.384. The molecule has 0 saturated heterocycles. The van der Waals surface area contributed by atoms with Crippen molar-refractivity contribution in [2.45, 2.75) is 0 Å². The molecule has 1 heterocycles. The lowest BCUT2D eigenvalue weighted by molar-refractivity contribution is 0.892. The highest BCUT2D eigenvalue weighted by Crippen LogP contribution is 2.14. The molecule has 0 unspecified atom stereocenters. The van der Waals surface area contributed by atoms with Gasteiger partial charge in [0.2, 0.25) is 0 Å². The minimum absolute atomic E-state index is 0.213. The largest absolute Gasteiger partial charge is 0.334 e. The van der Waals surface area contributed by atoms with Crippen molar-refractivity contribution in [2.24, 2.45) is 0 Å². The molecule has 0 saturated carbocycles. The van der Waals surface area contributed by atoms with E-state index in [2.05, 4.69) is 20.9 Å². The van der Waals surface area contributed by atoms with Gasteiger partial charge < -0.3 is 10.8 Å². The number of nitrogen functional groups attached to an aromatic ring is 1. The lowest BCUT2D eigenvalue weighted by Gasteiger charge is -2.01. The van der Waals surface area contributed by atoms with Crippen LogP contribution in [0.5, 0.6) is 0 Å². The molecule has 2 rings (SSSR count). The quantitative estimate of drug-likeness (QED) is 0.564. The SMILES string of the molecule is Nn1c(=S)[nH]c2ccc(Br)cc2c1=O. The fraction of sp³-hybridized carbons (Fsp3) is 0. The molecule has 0 atom stereocenters. The van der Waals surface area contributed by atoms with E-state index in [0.717, 1.165) is 9.15 Å². The predicted molar refractivity (Wildman–Crippen MR) is 61.2 cm³/mol. The molecule has 1 aromatic carbocycles.